The van der Waals surface area contributed by atoms with Crippen LogP contribution in [0.2, 0.25) is 5.02 Å². The Hall–Kier alpha value is -0.250. The molecule has 0 aliphatic carbocycles. The molecular formula is C10H6BrClOS. The molecule has 1 aliphatic heterocycles. The molecule has 0 saturated heterocycles. The second-order valence-corrected chi connectivity index (χ2v) is 4.80. The van der Waals surface area contributed by atoms with Crippen molar-refractivity contribution in [1.29, 1.82) is 0 Å². The van der Waals surface area contributed by atoms with E-state index in [1.54, 1.807) is 22.8 Å². The zero-order valence-electron chi connectivity index (χ0n) is 7.09. The highest BCUT2D eigenvalue weighted by atomic mass is 79.9. The number of benzene rings is 1. The molecule has 0 fully saturated rings. The number of carbonyl (C=O) groups excluding carboxylic acids is 1. The summed E-state index contributed by atoms with van der Waals surface area (Å²) in [5.41, 5.74) is 1.49. The normalized spacial score (nSPS) is 18.4. The third kappa shape index (κ3) is 1.76. The van der Waals surface area contributed by atoms with Crippen LogP contribution in [0.5, 0.6) is 0 Å². The summed E-state index contributed by atoms with van der Waals surface area (Å²) in [5, 5.41) is 0.605. The summed E-state index contributed by atoms with van der Waals surface area (Å²) in [5.74, 6) is 0.789. The minimum Gasteiger partial charge on any atom is -0.289 e. The number of hydrogen-bond acceptors (Lipinski definition) is 2. The zero-order valence-corrected chi connectivity index (χ0v) is 10.2. The van der Waals surface area contributed by atoms with Gasteiger partial charge >= 0.3 is 0 Å². The molecule has 0 unspecified atom stereocenters. The molecule has 14 heavy (non-hydrogen) atoms. The van der Waals surface area contributed by atoms with Gasteiger partial charge in [0.15, 0.2) is 5.78 Å². The predicted molar refractivity (Wildman–Crippen MR) is 63.5 cm³/mol. The molecule has 1 nitrogen and oxygen atoms in total. The molecule has 72 valence electrons. The van der Waals surface area contributed by atoms with Gasteiger partial charge in [-0.05, 0) is 23.2 Å². The van der Waals surface area contributed by atoms with Crippen molar-refractivity contribution < 1.29 is 4.79 Å². The summed E-state index contributed by atoms with van der Waals surface area (Å²) >= 11 is 10.7. The van der Waals surface area contributed by atoms with Gasteiger partial charge in [-0.3, -0.25) is 4.79 Å². The Morgan fingerprint density at radius 3 is 3.00 bits per heavy atom. The van der Waals surface area contributed by atoms with E-state index in [-0.39, 0.29) is 5.78 Å². The van der Waals surface area contributed by atoms with E-state index in [0.29, 0.717) is 10.6 Å². The van der Waals surface area contributed by atoms with Crippen LogP contribution in [0.3, 0.4) is 0 Å². The summed E-state index contributed by atoms with van der Waals surface area (Å²) < 4.78 is 0. The Labute approximate surface area is 99.7 Å². The fraction of sp³-hybridized carbons (Fsp3) is 0.100. The fourth-order valence-electron chi connectivity index (χ4n) is 1.28. The van der Waals surface area contributed by atoms with Gasteiger partial charge < -0.3 is 0 Å². The number of carbonyl (C=O) groups is 1. The molecule has 0 bridgehead atoms. The van der Waals surface area contributed by atoms with E-state index in [2.05, 4.69) is 15.9 Å². The Bertz CT molecular complexity index is 428. The SMILES string of the molecule is O=C1/C(=C/Br)CSc2ccc(Cl)cc21. The molecule has 1 aromatic rings. The maximum Gasteiger partial charge on any atom is 0.191 e. The second-order valence-electron chi connectivity index (χ2n) is 2.89. The highest BCUT2D eigenvalue weighted by Gasteiger charge is 2.21. The van der Waals surface area contributed by atoms with E-state index in [1.807, 2.05) is 12.1 Å². The van der Waals surface area contributed by atoms with Gasteiger partial charge in [-0.25, -0.2) is 0 Å². The highest BCUT2D eigenvalue weighted by molar-refractivity contribution is 9.11. The average molecular weight is 290 g/mol. The van der Waals surface area contributed by atoms with Gasteiger partial charge in [0.25, 0.3) is 0 Å². The van der Waals surface area contributed by atoms with Crippen molar-refractivity contribution in [3.05, 3.63) is 39.3 Å². The van der Waals surface area contributed by atoms with Crippen LogP contribution in [-0.2, 0) is 0 Å². The van der Waals surface area contributed by atoms with Gasteiger partial charge in [0.1, 0.15) is 0 Å². The van der Waals surface area contributed by atoms with Crippen LogP contribution in [0.15, 0.2) is 33.7 Å². The van der Waals surface area contributed by atoms with Crippen LogP contribution in [0.4, 0.5) is 0 Å². The van der Waals surface area contributed by atoms with Crippen molar-refractivity contribution in [2.45, 2.75) is 4.90 Å². The zero-order chi connectivity index (χ0) is 10.1. The van der Waals surface area contributed by atoms with Gasteiger partial charge in [0.05, 0.1) is 0 Å². The van der Waals surface area contributed by atoms with Crippen molar-refractivity contribution in [3.63, 3.8) is 0 Å². The lowest BCUT2D eigenvalue weighted by Gasteiger charge is -2.16. The topological polar surface area (TPSA) is 17.1 Å². The molecule has 0 radical (unpaired) electrons. The molecule has 0 spiro atoms. The maximum absolute atomic E-state index is 11.8. The fourth-order valence-corrected chi connectivity index (χ4v) is 3.03. The third-order valence-electron chi connectivity index (χ3n) is 1.99. The van der Waals surface area contributed by atoms with Crippen LogP contribution < -0.4 is 0 Å². The first-order valence-corrected chi connectivity index (χ1v) is 6.26. The van der Waals surface area contributed by atoms with Crippen molar-refractivity contribution in [2.24, 2.45) is 0 Å². The van der Waals surface area contributed by atoms with Crippen molar-refractivity contribution in [3.8, 4) is 0 Å². The summed E-state index contributed by atoms with van der Waals surface area (Å²) in [7, 11) is 0. The first kappa shape index (κ1) is 10.3. The molecule has 0 atom stereocenters. The molecule has 2 rings (SSSR count). The number of fused-ring (bicyclic) bond motifs is 1. The van der Waals surface area contributed by atoms with Crippen LogP contribution in [0.25, 0.3) is 0 Å². The molecular weight excluding hydrogens is 284 g/mol. The summed E-state index contributed by atoms with van der Waals surface area (Å²) in [6.45, 7) is 0. The van der Waals surface area contributed by atoms with Gasteiger partial charge in [-0.2, -0.15) is 0 Å². The quantitative estimate of drug-likeness (QED) is 0.674. The molecule has 0 aromatic heterocycles. The number of ketones is 1. The van der Waals surface area contributed by atoms with E-state index in [0.717, 1.165) is 16.2 Å². The van der Waals surface area contributed by atoms with Crippen LogP contribution >= 0.6 is 39.3 Å². The largest absolute Gasteiger partial charge is 0.289 e. The maximum atomic E-state index is 11.8. The standard InChI is InChI=1S/C10H6BrClOS/c11-4-6-5-14-9-2-1-7(12)3-8(9)10(6)13/h1-4H,5H2/b6-4+. The van der Waals surface area contributed by atoms with E-state index < -0.39 is 0 Å². The number of hydrogen-bond donors (Lipinski definition) is 0. The van der Waals surface area contributed by atoms with Crippen molar-refractivity contribution in [2.75, 3.05) is 5.75 Å². The number of thioether (sulfide) groups is 1. The summed E-state index contributed by atoms with van der Waals surface area (Å²) in [6, 6.07) is 5.43. The lowest BCUT2D eigenvalue weighted by atomic mass is 10.1. The first-order valence-electron chi connectivity index (χ1n) is 3.98. The molecule has 4 heteroatoms. The summed E-state index contributed by atoms with van der Waals surface area (Å²) in [6.07, 6.45) is 0. The Balaban J connectivity index is 2.54. The predicted octanol–water partition coefficient (Wildman–Crippen LogP) is 3.91. The number of halogens is 2. The second kappa shape index (κ2) is 4.09. The molecule has 0 amide bonds. The molecule has 1 aliphatic rings. The molecule has 0 saturated carbocycles. The molecule has 1 heterocycles. The summed E-state index contributed by atoms with van der Waals surface area (Å²) in [4.78, 5) is 14.5. The molecule has 1 aromatic carbocycles. The third-order valence-corrected chi connectivity index (χ3v) is 3.90. The van der Waals surface area contributed by atoms with Gasteiger partial charge in [0, 0.05) is 26.8 Å². The first-order chi connectivity index (χ1) is 6.72. The van der Waals surface area contributed by atoms with Crippen molar-refractivity contribution in [1.82, 2.24) is 0 Å². The smallest absolute Gasteiger partial charge is 0.191 e. The molecule has 0 N–H and O–H groups in total. The van der Waals surface area contributed by atoms with Crippen LogP contribution in [0, 0.1) is 0 Å². The number of rotatable bonds is 0. The van der Waals surface area contributed by atoms with E-state index in [9.17, 15) is 4.79 Å². The Morgan fingerprint density at radius 2 is 2.29 bits per heavy atom. The van der Waals surface area contributed by atoms with E-state index in [1.165, 1.54) is 0 Å². The minimum atomic E-state index is 0.0677. The monoisotopic (exact) mass is 288 g/mol. The Kier molecular flexibility index (Phi) is 3.00. The average Bonchev–Trinajstić information content (AvgIpc) is 2.20. The minimum absolute atomic E-state index is 0.0677. The van der Waals surface area contributed by atoms with Crippen molar-refractivity contribution >= 4 is 45.1 Å². The van der Waals surface area contributed by atoms with Crippen LogP contribution in [0.1, 0.15) is 10.4 Å². The highest BCUT2D eigenvalue weighted by Crippen LogP contribution is 2.34. The van der Waals surface area contributed by atoms with E-state index in [4.69, 9.17) is 11.6 Å². The van der Waals surface area contributed by atoms with Gasteiger partial charge in [0.2, 0.25) is 0 Å². The van der Waals surface area contributed by atoms with Gasteiger partial charge in [-0.15, -0.1) is 11.8 Å². The lowest BCUT2D eigenvalue weighted by Crippen LogP contribution is -2.11. The van der Waals surface area contributed by atoms with Gasteiger partial charge in [-0.1, -0.05) is 27.5 Å². The Morgan fingerprint density at radius 1 is 1.50 bits per heavy atom. The van der Waals surface area contributed by atoms with Crippen LogP contribution in [-0.4, -0.2) is 11.5 Å². The van der Waals surface area contributed by atoms with E-state index >= 15 is 0 Å². The lowest BCUT2D eigenvalue weighted by molar-refractivity contribution is 0.103. The number of Topliss-reactive ketones (excluding diaryl/α,β-unsaturated/α-hetero) is 1.